The Hall–Kier alpha value is -2.35. The Morgan fingerprint density at radius 1 is 1.21 bits per heavy atom. The molecule has 1 aliphatic heterocycles. The highest BCUT2D eigenvalue weighted by Gasteiger charge is 2.27. The summed E-state index contributed by atoms with van der Waals surface area (Å²) in [6, 6.07) is 16.5. The number of carboxylic acids is 1. The zero-order valence-electron chi connectivity index (χ0n) is 16.2. The Bertz CT molecular complexity index is 831. The first-order chi connectivity index (χ1) is 14.0. The van der Waals surface area contributed by atoms with E-state index in [0.717, 1.165) is 19.6 Å². The summed E-state index contributed by atoms with van der Waals surface area (Å²) in [7, 11) is 0. The van der Waals surface area contributed by atoms with Gasteiger partial charge < -0.3 is 15.2 Å². The molecule has 1 saturated heterocycles. The van der Waals surface area contributed by atoms with Gasteiger partial charge in [-0.25, -0.2) is 4.79 Å². The van der Waals surface area contributed by atoms with Crippen LogP contribution in [-0.2, 0) is 16.1 Å². The molecule has 1 heterocycles. The summed E-state index contributed by atoms with van der Waals surface area (Å²) in [5, 5.41) is 11.9. The lowest BCUT2D eigenvalue weighted by atomic mass is 10.0. The lowest BCUT2D eigenvalue weighted by molar-refractivity contribution is -0.121. The topological polar surface area (TPSA) is 78.9 Å². The maximum absolute atomic E-state index is 12.7. The van der Waals surface area contributed by atoms with Crippen molar-refractivity contribution >= 4 is 30.2 Å². The molecule has 2 N–H and O–H groups in total. The molecule has 3 rings (SSSR count). The first kappa shape index (κ1) is 21.4. The second-order valence-electron chi connectivity index (χ2n) is 7.20. The minimum absolute atomic E-state index is 0.0410. The van der Waals surface area contributed by atoms with Crippen LogP contribution in [0, 0.1) is 5.92 Å². The highest BCUT2D eigenvalue weighted by atomic mass is 32.1. The van der Waals surface area contributed by atoms with Gasteiger partial charge in [-0.05, 0) is 30.2 Å². The number of carbonyl (C=O) groups is 2. The van der Waals surface area contributed by atoms with Crippen molar-refractivity contribution in [2.75, 3.05) is 30.8 Å². The summed E-state index contributed by atoms with van der Waals surface area (Å²) in [4.78, 5) is 26.1. The number of nitrogens with one attached hydrogen (secondary N) is 1. The third kappa shape index (κ3) is 6.32. The van der Waals surface area contributed by atoms with Crippen LogP contribution in [0.25, 0.3) is 0 Å². The summed E-state index contributed by atoms with van der Waals surface area (Å²) in [6.07, 6.45) is 0.528. The van der Waals surface area contributed by atoms with Gasteiger partial charge in [0.05, 0.1) is 18.3 Å². The molecule has 0 aliphatic carbocycles. The van der Waals surface area contributed by atoms with Gasteiger partial charge in [-0.15, -0.1) is 0 Å². The van der Waals surface area contributed by atoms with E-state index in [9.17, 15) is 9.59 Å². The molecule has 0 bridgehead atoms. The molecule has 0 aromatic heterocycles. The minimum Gasteiger partial charge on any atom is -0.478 e. The van der Waals surface area contributed by atoms with E-state index in [1.54, 1.807) is 12.1 Å². The summed E-state index contributed by atoms with van der Waals surface area (Å²) >= 11 is 4.35. The number of thiol groups is 1. The van der Waals surface area contributed by atoms with E-state index < -0.39 is 5.97 Å². The summed E-state index contributed by atoms with van der Waals surface area (Å²) in [5.41, 5.74) is 1.87. The van der Waals surface area contributed by atoms with Gasteiger partial charge in [-0.1, -0.05) is 36.4 Å². The van der Waals surface area contributed by atoms with Crippen molar-refractivity contribution in [3.63, 3.8) is 0 Å². The summed E-state index contributed by atoms with van der Waals surface area (Å²) < 4.78 is 5.90. The van der Waals surface area contributed by atoms with Gasteiger partial charge >= 0.3 is 5.97 Å². The molecule has 154 valence electrons. The molecule has 1 aliphatic rings. The molecule has 29 heavy (non-hydrogen) atoms. The van der Waals surface area contributed by atoms with Gasteiger partial charge in [0.2, 0.25) is 5.91 Å². The van der Waals surface area contributed by atoms with E-state index in [1.165, 1.54) is 17.7 Å². The number of rotatable bonds is 8. The van der Waals surface area contributed by atoms with E-state index in [2.05, 4.69) is 35.0 Å². The van der Waals surface area contributed by atoms with Gasteiger partial charge in [0.1, 0.15) is 0 Å². The van der Waals surface area contributed by atoms with E-state index in [0.29, 0.717) is 24.5 Å². The van der Waals surface area contributed by atoms with Gasteiger partial charge in [0, 0.05) is 37.0 Å². The average Bonchev–Trinajstić information content (AvgIpc) is 2.73. The Balaban J connectivity index is 1.56. The van der Waals surface area contributed by atoms with Crippen LogP contribution in [-0.4, -0.2) is 53.4 Å². The number of nitrogens with zero attached hydrogens (tertiary/aromatic N) is 1. The number of amides is 1. The second kappa shape index (κ2) is 10.4. The first-order valence-electron chi connectivity index (χ1n) is 9.68. The molecule has 1 amide bonds. The van der Waals surface area contributed by atoms with E-state index in [4.69, 9.17) is 9.84 Å². The predicted octanol–water partition coefficient (Wildman–Crippen LogP) is 3.16. The second-order valence-corrected chi connectivity index (χ2v) is 7.57. The Labute approximate surface area is 176 Å². The zero-order chi connectivity index (χ0) is 20.6. The van der Waals surface area contributed by atoms with Crippen molar-refractivity contribution in [1.29, 1.82) is 0 Å². The normalized spacial score (nSPS) is 18.2. The molecule has 1 fully saturated rings. The molecule has 0 saturated carbocycles. The third-order valence-electron chi connectivity index (χ3n) is 4.99. The van der Waals surface area contributed by atoms with Crippen molar-refractivity contribution in [3.05, 3.63) is 65.7 Å². The molecule has 2 atom stereocenters. The number of carbonyl (C=O) groups excluding carboxylic acids is 1. The molecule has 0 spiro atoms. The molecule has 6 nitrogen and oxygen atoms in total. The number of carboxylic acid groups (broad SMARTS) is 1. The number of hydrogen-bond donors (Lipinski definition) is 3. The molecule has 2 aromatic rings. The van der Waals surface area contributed by atoms with Crippen LogP contribution in [0.5, 0.6) is 0 Å². The number of anilines is 1. The fourth-order valence-corrected chi connectivity index (χ4v) is 3.78. The van der Waals surface area contributed by atoms with Gasteiger partial charge in [-0.3, -0.25) is 9.69 Å². The lowest BCUT2D eigenvalue weighted by Gasteiger charge is -2.34. The Morgan fingerprint density at radius 3 is 2.72 bits per heavy atom. The quantitative estimate of drug-likeness (QED) is 0.579. The molecule has 0 radical (unpaired) electrons. The minimum atomic E-state index is -1.03. The van der Waals surface area contributed by atoms with Crippen LogP contribution in [0.4, 0.5) is 5.69 Å². The van der Waals surface area contributed by atoms with E-state index in [1.807, 2.05) is 18.2 Å². The lowest BCUT2D eigenvalue weighted by Crippen LogP contribution is -2.43. The number of hydrogen-bond acceptors (Lipinski definition) is 5. The molecule has 2 aromatic carbocycles. The summed E-state index contributed by atoms with van der Waals surface area (Å²) in [5.74, 6) is -1.14. The largest absolute Gasteiger partial charge is 0.478 e. The highest BCUT2D eigenvalue weighted by Crippen LogP contribution is 2.20. The van der Waals surface area contributed by atoms with Crippen molar-refractivity contribution in [2.45, 2.75) is 19.1 Å². The molecule has 7 heteroatoms. The first-order valence-corrected chi connectivity index (χ1v) is 10.3. The highest BCUT2D eigenvalue weighted by molar-refractivity contribution is 7.80. The third-order valence-corrected chi connectivity index (χ3v) is 5.43. The SMILES string of the molecule is O=C(O)c1cccc(NC(=O)C(CS)CC2CN(Cc3ccccc3)CCO2)c1. The Kier molecular flexibility index (Phi) is 7.69. The number of aromatic carboxylic acids is 1. The molecule has 2 unspecified atom stereocenters. The van der Waals surface area contributed by atoms with Crippen LogP contribution < -0.4 is 5.32 Å². The molecular formula is C22H26N2O4S. The van der Waals surface area contributed by atoms with E-state index >= 15 is 0 Å². The van der Waals surface area contributed by atoms with Crippen LogP contribution in [0.2, 0.25) is 0 Å². The van der Waals surface area contributed by atoms with Crippen LogP contribution >= 0.6 is 12.6 Å². The number of morpholine rings is 1. The van der Waals surface area contributed by atoms with Crippen molar-refractivity contribution < 1.29 is 19.4 Å². The Morgan fingerprint density at radius 2 is 2.00 bits per heavy atom. The number of benzene rings is 2. The van der Waals surface area contributed by atoms with E-state index in [-0.39, 0.29) is 23.5 Å². The predicted molar refractivity (Wildman–Crippen MR) is 115 cm³/mol. The maximum Gasteiger partial charge on any atom is 0.335 e. The maximum atomic E-state index is 12.7. The smallest absolute Gasteiger partial charge is 0.335 e. The van der Waals surface area contributed by atoms with Gasteiger partial charge in [-0.2, -0.15) is 12.6 Å². The van der Waals surface area contributed by atoms with Gasteiger partial charge in [0.15, 0.2) is 0 Å². The average molecular weight is 415 g/mol. The fraction of sp³-hybridized carbons (Fsp3) is 0.364. The van der Waals surface area contributed by atoms with Gasteiger partial charge in [0.25, 0.3) is 0 Å². The van der Waals surface area contributed by atoms with Crippen molar-refractivity contribution in [1.82, 2.24) is 4.90 Å². The monoisotopic (exact) mass is 414 g/mol. The van der Waals surface area contributed by atoms with Crippen LogP contribution in [0.15, 0.2) is 54.6 Å². The number of ether oxygens (including phenoxy) is 1. The summed E-state index contributed by atoms with van der Waals surface area (Å²) in [6.45, 7) is 3.13. The zero-order valence-corrected chi connectivity index (χ0v) is 17.1. The van der Waals surface area contributed by atoms with Crippen molar-refractivity contribution in [3.8, 4) is 0 Å². The van der Waals surface area contributed by atoms with Crippen molar-refractivity contribution in [2.24, 2.45) is 5.92 Å². The fourth-order valence-electron chi connectivity index (χ4n) is 3.46. The van der Waals surface area contributed by atoms with Crippen LogP contribution in [0.1, 0.15) is 22.3 Å². The standard InChI is InChI=1S/C22H26N2O4S/c25-21(23-19-8-4-7-17(11-19)22(26)27)18(15-29)12-20-14-24(9-10-28-20)13-16-5-2-1-3-6-16/h1-8,11,18,20,29H,9-10,12-15H2,(H,23,25)(H,26,27). The molecular weight excluding hydrogens is 388 g/mol. The van der Waals surface area contributed by atoms with Crippen LogP contribution in [0.3, 0.4) is 0 Å².